The van der Waals surface area contributed by atoms with Crippen LogP contribution in [0.3, 0.4) is 0 Å². The van der Waals surface area contributed by atoms with Crippen LogP contribution in [0.15, 0.2) is 0 Å². The highest BCUT2D eigenvalue weighted by Crippen LogP contribution is 2.17. The summed E-state index contributed by atoms with van der Waals surface area (Å²) in [4.78, 5) is 14.5. The predicted octanol–water partition coefficient (Wildman–Crippen LogP) is 1.99. The second-order valence-electron chi connectivity index (χ2n) is 6.83. The Hall–Kier alpha value is -0.610. The minimum Gasteiger partial charge on any atom is -0.350 e. The van der Waals surface area contributed by atoms with Gasteiger partial charge in [-0.2, -0.15) is 0 Å². The summed E-state index contributed by atoms with van der Waals surface area (Å²) in [5.41, 5.74) is 5.67. The molecule has 0 saturated heterocycles. The minimum atomic E-state index is -0.145. The number of hydrogen-bond acceptors (Lipinski definition) is 3. The molecular weight excluding hydrogens is 238 g/mol. The number of likely N-dealkylation sites (N-methyl/N-ethyl adjacent to an activating group) is 1. The van der Waals surface area contributed by atoms with Gasteiger partial charge in [-0.1, -0.05) is 27.7 Å². The first-order chi connectivity index (χ1) is 8.58. The molecule has 0 saturated carbocycles. The van der Waals surface area contributed by atoms with Crippen LogP contribution in [0, 0.1) is 5.41 Å². The van der Waals surface area contributed by atoms with E-state index in [4.69, 9.17) is 5.73 Å². The average Bonchev–Trinajstić information content (AvgIpc) is 2.34. The molecule has 3 N–H and O–H groups in total. The quantitative estimate of drug-likeness (QED) is 0.710. The summed E-state index contributed by atoms with van der Waals surface area (Å²) in [7, 11) is 0. The van der Waals surface area contributed by atoms with Gasteiger partial charge < -0.3 is 11.1 Å². The van der Waals surface area contributed by atoms with Crippen molar-refractivity contribution in [3.63, 3.8) is 0 Å². The Balaban J connectivity index is 4.67. The highest BCUT2D eigenvalue weighted by Gasteiger charge is 2.28. The highest BCUT2D eigenvalue weighted by atomic mass is 16.2. The monoisotopic (exact) mass is 271 g/mol. The fourth-order valence-electron chi connectivity index (χ4n) is 1.83. The first-order valence-electron chi connectivity index (χ1n) is 7.34. The lowest BCUT2D eigenvalue weighted by atomic mass is 9.92. The van der Waals surface area contributed by atoms with Crippen LogP contribution in [0.2, 0.25) is 0 Å². The van der Waals surface area contributed by atoms with Gasteiger partial charge in [-0.25, -0.2) is 0 Å². The summed E-state index contributed by atoms with van der Waals surface area (Å²) in [6, 6.07) is -0.123. The first kappa shape index (κ1) is 18.4. The van der Waals surface area contributed by atoms with Crippen molar-refractivity contribution in [1.29, 1.82) is 0 Å². The van der Waals surface area contributed by atoms with Crippen LogP contribution in [0.25, 0.3) is 0 Å². The largest absolute Gasteiger partial charge is 0.350 e. The number of nitrogens with zero attached hydrogens (tertiary/aromatic N) is 1. The number of carbonyl (C=O) groups excluding carboxylic acids is 1. The Kier molecular flexibility index (Phi) is 7.01. The fourth-order valence-corrected chi connectivity index (χ4v) is 1.83. The lowest BCUT2D eigenvalue weighted by molar-refractivity contribution is -0.128. The zero-order valence-electron chi connectivity index (χ0n) is 13.8. The van der Waals surface area contributed by atoms with E-state index in [0.717, 1.165) is 19.5 Å². The molecule has 0 aliphatic heterocycles. The van der Waals surface area contributed by atoms with E-state index in [1.165, 1.54) is 0 Å². The van der Waals surface area contributed by atoms with E-state index in [1.54, 1.807) is 0 Å². The Morgan fingerprint density at radius 2 is 1.79 bits per heavy atom. The summed E-state index contributed by atoms with van der Waals surface area (Å²) in [5, 5.41) is 3.11. The lowest BCUT2D eigenvalue weighted by Crippen LogP contribution is -2.53. The van der Waals surface area contributed by atoms with Crippen LogP contribution in [0.5, 0.6) is 0 Å². The number of nitrogens with one attached hydrogen (secondary N) is 1. The molecule has 0 aromatic carbocycles. The summed E-state index contributed by atoms with van der Waals surface area (Å²) in [6.07, 6.45) is 0.922. The van der Waals surface area contributed by atoms with Crippen LogP contribution in [0.1, 0.15) is 54.9 Å². The zero-order chi connectivity index (χ0) is 15.3. The van der Waals surface area contributed by atoms with Gasteiger partial charge in [-0.3, -0.25) is 9.69 Å². The molecule has 19 heavy (non-hydrogen) atoms. The van der Waals surface area contributed by atoms with Crippen LogP contribution >= 0.6 is 0 Å². The smallest absolute Gasteiger partial charge is 0.237 e. The van der Waals surface area contributed by atoms with Gasteiger partial charge in [0.2, 0.25) is 5.91 Å². The maximum atomic E-state index is 12.3. The van der Waals surface area contributed by atoms with Crippen molar-refractivity contribution in [2.75, 3.05) is 19.6 Å². The van der Waals surface area contributed by atoms with Gasteiger partial charge in [-0.15, -0.1) is 0 Å². The van der Waals surface area contributed by atoms with E-state index in [2.05, 4.69) is 51.8 Å². The van der Waals surface area contributed by atoms with E-state index in [0.29, 0.717) is 6.54 Å². The SMILES string of the molecule is CCN(CC(C)(C)CN)C(C)C(=O)NC(C)(C)CC. The molecule has 0 radical (unpaired) electrons. The lowest BCUT2D eigenvalue weighted by Gasteiger charge is -2.36. The molecule has 1 amide bonds. The number of amides is 1. The maximum Gasteiger partial charge on any atom is 0.237 e. The molecule has 0 spiro atoms. The maximum absolute atomic E-state index is 12.3. The van der Waals surface area contributed by atoms with Crippen molar-refractivity contribution < 1.29 is 4.79 Å². The molecule has 0 aromatic heterocycles. The van der Waals surface area contributed by atoms with Gasteiger partial charge in [-0.05, 0) is 45.7 Å². The molecule has 0 aliphatic rings. The molecule has 1 unspecified atom stereocenters. The fraction of sp³-hybridized carbons (Fsp3) is 0.933. The Labute approximate surface area is 119 Å². The predicted molar refractivity (Wildman–Crippen MR) is 82.1 cm³/mol. The molecule has 1 atom stereocenters. The molecule has 0 bridgehead atoms. The highest BCUT2D eigenvalue weighted by molar-refractivity contribution is 5.82. The van der Waals surface area contributed by atoms with E-state index in [9.17, 15) is 4.79 Å². The van der Waals surface area contributed by atoms with Gasteiger partial charge in [0.15, 0.2) is 0 Å². The van der Waals surface area contributed by atoms with Crippen molar-refractivity contribution in [2.24, 2.45) is 11.1 Å². The molecule has 0 heterocycles. The Bertz CT molecular complexity index is 287. The van der Waals surface area contributed by atoms with Gasteiger partial charge in [0, 0.05) is 12.1 Å². The molecule has 0 rings (SSSR count). The summed E-state index contributed by atoms with van der Waals surface area (Å²) >= 11 is 0. The van der Waals surface area contributed by atoms with E-state index < -0.39 is 0 Å². The van der Waals surface area contributed by atoms with E-state index >= 15 is 0 Å². The van der Waals surface area contributed by atoms with Crippen molar-refractivity contribution in [3.05, 3.63) is 0 Å². The van der Waals surface area contributed by atoms with Crippen LogP contribution in [0.4, 0.5) is 0 Å². The summed E-state index contributed by atoms with van der Waals surface area (Å²) in [5.74, 6) is 0.0986. The van der Waals surface area contributed by atoms with Crippen molar-refractivity contribution in [2.45, 2.75) is 66.5 Å². The van der Waals surface area contributed by atoms with E-state index in [1.807, 2.05) is 6.92 Å². The molecular formula is C15H33N3O. The van der Waals surface area contributed by atoms with Crippen LogP contribution in [-0.4, -0.2) is 42.0 Å². The summed E-state index contributed by atoms with van der Waals surface area (Å²) in [6.45, 7) is 16.8. The first-order valence-corrected chi connectivity index (χ1v) is 7.34. The van der Waals surface area contributed by atoms with Gasteiger partial charge in [0.05, 0.1) is 6.04 Å². The topological polar surface area (TPSA) is 58.4 Å². The third-order valence-corrected chi connectivity index (χ3v) is 3.86. The number of carbonyl (C=O) groups is 1. The van der Waals surface area contributed by atoms with Crippen LogP contribution < -0.4 is 11.1 Å². The third-order valence-electron chi connectivity index (χ3n) is 3.86. The molecule has 4 heteroatoms. The Morgan fingerprint density at radius 1 is 1.26 bits per heavy atom. The van der Waals surface area contributed by atoms with E-state index in [-0.39, 0.29) is 22.9 Å². The molecule has 0 fully saturated rings. The van der Waals surface area contributed by atoms with Crippen molar-refractivity contribution >= 4 is 5.91 Å². The molecule has 4 nitrogen and oxygen atoms in total. The zero-order valence-corrected chi connectivity index (χ0v) is 13.8. The van der Waals surface area contributed by atoms with Gasteiger partial charge >= 0.3 is 0 Å². The number of hydrogen-bond donors (Lipinski definition) is 2. The molecule has 0 aromatic rings. The Morgan fingerprint density at radius 3 is 2.16 bits per heavy atom. The van der Waals surface area contributed by atoms with Crippen molar-refractivity contribution in [1.82, 2.24) is 10.2 Å². The second kappa shape index (κ2) is 7.25. The number of nitrogens with two attached hydrogens (primary N) is 1. The van der Waals surface area contributed by atoms with Crippen molar-refractivity contribution in [3.8, 4) is 0 Å². The summed E-state index contributed by atoms with van der Waals surface area (Å²) < 4.78 is 0. The molecule has 0 aliphatic carbocycles. The average molecular weight is 271 g/mol. The minimum absolute atomic E-state index is 0.0326. The standard InChI is InChI=1S/C15H33N3O/c1-8-15(6,7)17-13(19)12(3)18(9-2)11-14(4,5)10-16/h12H,8-11,16H2,1-7H3,(H,17,19). The second-order valence-corrected chi connectivity index (χ2v) is 6.83. The number of rotatable bonds is 8. The van der Waals surface area contributed by atoms with Crippen LogP contribution in [-0.2, 0) is 4.79 Å². The third kappa shape index (κ3) is 6.39. The molecule has 114 valence electrons. The van der Waals surface area contributed by atoms with Gasteiger partial charge in [0.25, 0.3) is 0 Å². The normalized spacial score (nSPS) is 14.6. The van der Waals surface area contributed by atoms with Gasteiger partial charge in [0.1, 0.15) is 0 Å².